The van der Waals surface area contributed by atoms with Crippen molar-refractivity contribution in [2.45, 2.75) is 26.4 Å². The van der Waals surface area contributed by atoms with Gasteiger partial charge in [0.2, 0.25) is 15.9 Å². The first-order valence-electron chi connectivity index (χ1n) is 9.25. The van der Waals surface area contributed by atoms with Crippen molar-refractivity contribution in [2.24, 2.45) is 0 Å². The Kier molecular flexibility index (Phi) is 8.04. The average molecular weight is 421 g/mol. The third kappa shape index (κ3) is 7.40. The van der Waals surface area contributed by atoms with Gasteiger partial charge in [-0.25, -0.2) is 8.42 Å². The highest BCUT2D eigenvalue weighted by atomic mass is 32.2. The minimum absolute atomic E-state index is 0.138. The summed E-state index contributed by atoms with van der Waals surface area (Å²) in [6.07, 6.45) is 1.10. The molecule has 0 fully saturated rings. The lowest BCUT2D eigenvalue weighted by atomic mass is 10.1. The highest BCUT2D eigenvalue weighted by Crippen LogP contribution is 2.25. The molecular formula is C21H28N2O5S. The lowest BCUT2D eigenvalue weighted by Crippen LogP contribution is -2.44. The van der Waals surface area contributed by atoms with Crippen LogP contribution < -0.4 is 14.8 Å². The van der Waals surface area contributed by atoms with Crippen LogP contribution in [0.25, 0.3) is 0 Å². The number of nitrogens with one attached hydrogen (secondary N) is 1. The average Bonchev–Trinajstić information content (AvgIpc) is 2.67. The Morgan fingerprint density at radius 3 is 2.31 bits per heavy atom. The normalized spacial score (nSPS) is 12.4. The summed E-state index contributed by atoms with van der Waals surface area (Å²) in [5.74, 6) is 0.791. The number of hydrogen-bond acceptors (Lipinski definition) is 5. The van der Waals surface area contributed by atoms with Crippen LogP contribution in [0.1, 0.15) is 18.1 Å². The van der Waals surface area contributed by atoms with Crippen molar-refractivity contribution in [2.75, 3.05) is 26.5 Å². The van der Waals surface area contributed by atoms with Crippen molar-refractivity contribution in [3.05, 3.63) is 59.7 Å². The number of carbonyl (C=O) groups is 1. The number of sulfonamides is 1. The van der Waals surface area contributed by atoms with Crippen LogP contribution in [0.5, 0.6) is 11.5 Å². The van der Waals surface area contributed by atoms with Crippen LogP contribution in [-0.4, -0.2) is 51.2 Å². The van der Waals surface area contributed by atoms with E-state index in [1.807, 2.05) is 43.3 Å². The van der Waals surface area contributed by atoms with E-state index in [0.29, 0.717) is 11.5 Å². The van der Waals surface area contributed by atoms with Crippen molar-refractivity contribution in [1.82, 2.24) is 9.62 Å². The lowest BCUT2D eigenvalue weighted by molar-refractivity contribution is -0.122. The number of ether oxygens (including phenoxy) is 2. The van der Waals surface area contributed by atoms with Crippen LogP contribution in [0.2, 0.25) is 0 Å². The predicted octanol–water partition coefficient (Wildman–Crippen LogP) is 2.35. The number of rotatable bonds is 10. The third-order valence-electron chi connectivity index (χ3n) is 4.23. The van der Waals surface area contributed by atoms with Crippen LogP contribution in [0.3, 0.4) is 0 Å². The van der Waals surface area contributed by atoms with E-state index in [1.165, 1.54) is 0 Å². The van der Waals surface area contributed by atoms with Crippen LogP contribution >= 0.6 is 0 Å². The Hall–Kier alpha value is -2.58. The molecule has 7 nitrogen and oxygen atoms in total. The Balaban J connectivity index is 1.92. The first-order valence-corrected chi connectivity index (χ1v) is 11.1. The number of benzene rings is 2. The number of para-hydroxylation sites is 2. The van der Waals surface area contributed by atoms with Crippen molar-refractivity contribution >= 4 is 15.9 Å². The van der Waals surface area contributed by atoms with Crippen molar-refractivity contribution in [3.63, 3.8) is 0 Å². The molecule has 8 heteroatoms. The zero-order valence-corrected chi connectivity index (χ0v) is 18.0. The van der Waals surface area contributed by atoms with Crippen molar-refractivity contribution in [1.29, 1.82) is 0 Å². The summed E-state index contributed by atoms with van der Waals surface area (Å²) >= 11 is 0. The minimum Gasteiger partial charge on any atom is -0.493 e. The summed E-state index contributed by atoms with van der Waals surface area (Å²) in [5.41, 5.74) is 1.91. The van der Waals surface area contributed by atoms with Crippen LogP contribution in [-0.2, 0) is 21.4 Å². The van der Waals surface area contributed by atoms with Gasteiger partial charge in [-0.2, -0.15) is 4.31 Å². The molecule has 0 aliphatic heterocycles. The van der Waals surface area contributed by atoms with Gasteiger partial charge in [-0.05, 0) is 31.5 Å². The SMILES string of the molecule is COc1ccccc1OCC(C)NC(=O)CN(Cc1ccc(C)cc1)S(C)(=O)=O. The maximum atomic E-state index is 12.4. The fourth-order valence-electron chi connectivity index (χ4n) is 2.66. The van der Waals surface area contributed by atoms with Gasteiger partial charge in [0.15, 0.2) is 11.5 Å². The molecule has 1 amide bonds. The molecule has 0 aliphatic rings. The molecule has 0 saturated heterocycles. The molecular weight excluding hydrogens is 392 g/mol. The highest BCUT2D eigenvalue weighted by molar-refractivity contribution is 7.88. The van der Waals surface area contributed by atoms with E-state index in [9.17, 15) is 13.2 Å². The maximum absolute atomic E-state index is 12.4. The fourth-order valence-corrected chi connectivity index (χ4v) is 3.40. The standard InChI is InChI=1S/C21H28N2O5S/c1-16-9-11-18(12-10-16)13-23(29(4,25)26)14-21(24)22-17(2)15-28-20-8-6-5-7-19(20)27-3/h5-12,17H,13-15H2,1-4H3,(H,22,24). The number of amides is 1. The zero-order chi connectivity index (χ0) is 21.4. The van der Waals surface area contributed by atoms with Crippen molar-refractivity contribution in [3.8, 4) is 11.5 Å². The molecule has 0 spiro atoms. The van der Waals surface area contributed by atoms with E-state index in [-0.39, 0.29) is 25.7 Å². The number of aryl methyl sites for hydroxylation is 1. The van der Waals surface area contributed by atoms with Crippen molar-refractivity contribution < 1.29 is 22.7 Å². The molecule has 0 bridgehead atoms. The molecule has 158 valence electrons. The summed E-state index contributed by atoms with van der Waals surface area (Å²) in [5, 5.41) is 2.77. The van der Waals surface area contributed by atoms with Crippen LogP contribution in [0, 0.1) is 6.92 Å². The highest BCUT2D eigenvalue weighted by Gasteiger charge is 2.21. The van der Waals surface area contributed by atoms with Gasteiger partial charge in [-0.1, -0.05) is 42.0 Å². The summed E-state index contributed by atoms with van der Waals surface area (Å²) in [6.45, 7) is 3.85. The first-order chi connectivity index (χ1) is 13.7. The second kappa shape index (κ2) is 10.3. The van der Waals surface area contributed by atoms with Gasteiger partial charge in [-0.15, -0.1) is 0 Å². The third-order valence-corrected chi connectivity index (χ3v) is 5.43. The molecule has 1 unspecified atom stereocenters. The second-order valence-electron chi connectivity index (χ2n) is 6.95. The Morgan fingerprint density at radius 1 is 1.10 bits per heavy atom. The maximum Gasteiger partial charge on any atom is 0.235 e. The van der Waals surface area contributed by atoms with Gasteiger partial charge >= 0.3 is 0 Å². The molecule has 0 saturated carbocycles. The fraction of sp³-hybridized carbons (Fsp3) is 0.381. The molecule has 29 heavy (non-hydrogen) atoms. The summed E-state index contributed by atoms with van der Waals surface area (Å²) in [4.78, 5) is 12.4. The smallest absolute Gasteiger partial charge is 0.235 e. The molecule has 0 aliphatic carbocycles. The molecule has 0 aromatic heterocycles. The second-order valence-corrected chi connectivity index (χ2v) is 8.93. The zero-order valence-electron chi connectivity index (χ0n) is 17.2. The van der Waals surface area contributed by atoms with E-state index >= 15 is 0 Å². The van der Waals surface area contributed by atoms with E-state index in [0.717, 1.165) is 21.7 Å². The summed E-state index contributed by atoms with van der Waals surface area (Å²) < 4.78 is 36.3. The molecule has 1 N–H and O–H groups in total. The summed E-state index contributed by atoms with van der Waals surface area (Å²) in [6, 6.07) is 14.5. The number of methoxy groups -OCH3 is 1. The molecule has 2 aromatic carbocycles. The minimum atomic E-state index is -3.54. The molecule has 1 atom stereocenters. The van der Waals surface area contributed by atoms with Crippen LogP contribution in [0.15, 0.2) is 48.5 Å². The van der Waals surface area contributed by atoms with E-state index in [1.54, 1.807) is 26.2 Å². The Bertz CT molecular complexity index is 913. The van der Waals surface area contributed by atoms with Gasteiger partial charge < -0.3 is 14.8 Å². The predicted molar refractivity (Wildman–Crippen MR) is 113 cm³/mol. The van der Waals surface area contributed by atoms with Gasteiger partial charge in [0.05, 0.1) is 26.0 Å². The number of carbonyl (C=O) groups excluding carboxylic acids is 1. The Labute approximate surface area is 172 Å². The number of hydrogen-bond donors (Lipinski definition) is 1. The lowest BCUT2D eigenvalue weighted by Gasteiger charge is -2.21. The summed E-state index contributed by atoms with van der Waals surface area (Å²) in [7, 11) is -1.99. The van der Waals surface area contributed by atoms with Crippen LogP contribution in [0.4, 0.5) is 0 Å². The largest absolute Gasteiger partial charge is 0.493 e. The molecule has 0 heterocycles. The van der Waals surface area contributed by atoms with Gasteiger partial charge in [0, 0.05) is 6.54 Å². The molecule has 0 radical (unpaired) electrons. The van der Waals surface area contributed by atoms with E-state index < -0.39 is 15.9 Å². The number of nitrogens with zero attached hydrogens (tertiary/aromatic N) is 1. The molecule has 2 aromatic rings. The quantitative estimate of drug-likeness (QED) is 0.638. The van der Waals surface area contributed by atoms with Gasteiger partial charge in [0.1, 0.15) is 6.61 Å². The monoisotopic (exact) mass is 420 g/mol. The Morgan fingerprint density at radius 2 is 1.72 bits per heavy atom. The van der Waals surface area contributed by atoms with Gasteiger partial charge in [-0.3, -0.25) is 4.79 Å². The topological polar surface area (TPSA) is 84.9 Å². The molecule has 2 rings (SSSR count). The van der Waals surface area contributed by atoms with Gasteiger partial charge in [0.25, 0.3) is 0 Å². The van der Waals surface area contributed by atoms with E-state index in [4.69, 9.17) is 9.47 Å². The van der Waals surface area contributed by atoms with E-state index in [2.05, 4.69) is 5.32 Å². The first kappa shape index (κ1) is 22.7.